The normalized spacial score (nSPS) is 9.30. The number of allylic oxidation sites excluding steroid dienone is 3. The van der Waals surface area contributed by atoms with Gasteiger partial charge in [0.1, 0.15) is 5.76 Å². The first kappa shape index (κ1) is 11.8. The van der Waals surface area contributed by atoms with Gasteiger partial charge in [-0.25, -0.2) is 0 Å². The van der Waals surface area contributed by atoms with Crippen molar-refractivity contribution in [3.05, 3.63) is 36.6 Å². The molecule has 10 heavy (non-hydrogen) atoms. The van der Waals surface area contributed by atoms with Crippen molar-refractivity contribution in [2.75, 3.05) is 0 Å². The maximum atomic E-state index is 8.64. The molecular weight excluding hydrogens is 124 g/mol. The first-order valence-electron chi connectivity index (χ1n) is 3.36. The van der Waals surface area contributed by atoms with Gasteiger partial charge in [-0.05, 0) is 12.5 Å². The Morgan fingerprint density at radius 1 is 1.40 bits per heavy atom. The first-order chi connectivity index (χ1) is 4.68. The quantitative estimate of drug-likeness (QED) is 0.461. The van der Waals surface area contributed by atoms with E-state index in [0.29, 0.717) is 0 Å². The Bertz CT molecular complexity index is 132. The summed E-state index contributed by atoms with van der Waals surface area (Å²) in [6.07, 6.45) is 3.30. The molecule has 0 aromatic rings. The van der Waals surface area contributed by atoms with Crippen LogP contribution < -0.4 is 0 Å². The highest BCUT2D eigenvalue weighted by molar-refractivity contribution is 5.22. The van der Waals surface area contributed by atoms with Crippen LogP contribution in [0, 0.1) is 0 Å². The molecule has 1 nitrogen and oxygen atoms in total. The second-order valence-corrected chi connectivity index (χ2v) is 1.53. The Balaban J connectivity index is 0. The van der Waals surface area contributed by atoms with Gasteiger partial charge in [-0.1, -0.05) is 39.2 Å². The zero-order valence-electron chi connectivity index (χ0n) is 7.02. The summed E-state index contributed by atoms with van der Waals surface area (Å²) in [5, 5.41) is 8.64. The standard InChI is InChI=1S/C7H10O.C2H6/c1-4-5-6(2)7(3)8;1-2/h4-5,8H,1,3H2,2H3;1-2H3/b6-5-;. The molecule has 0 aliphatic rings. The third kappa shape index (κ3) is 7.02. The van der Waals surface area contributed by atoms with E-state index in [2.05, 4.69) is 13.2 Å². The van der Waals surface area contributed by atoms with E-state index in [-0.39, 0.29) is 5.76 Å². The van der Waals surface area contributed by atoms with Crippen LogP contribution >= 0.6 is 0 Å². The third-order valence-corrected chi connectivity index (χ3v) is 0.823. The third-order valence-electron chi connectivity index (χ3n) is 0.823. The van der Waals surface area contributed by atoms with Crippen molar-refractivity contribution in [2.45, 2.75) is 20.8 Å². The number of hydrogen-bond donors (Lipinski definition) is 1. The van der Waals surface area contributed by atoms with E-state index < -0.39 is 0 Å². The van der Waals surface area contributed by atoms with E-state index in [1.54, 1.807) is 19.1 Å². The van der Waals surface area contributed by atoms with Gasteiger partial charge in [-0.3, -0.25) is 0 Å². The average Bonchev–Trinajstić information content (AvgIpc) is 1.93. The van der Waals surface area contributed by atoms with Crippen LogP contribution in [-0.4, -0.2) is 5.11 Å². The van der Waals surface area contributed by atoms with Gasteiger partial charge in [0, 0.05) is 0 Å². The van der Waals surface area contributed by atoms with Gasteiger partial charge in [0.25, 0.3) is 0 Å². The molecule has 0 saturated carbocycles. The molecule has 1 heteroatoms. The Kier molecular flexibility index (Phi) is 9.44. The van der Waals surface area contributed by atoms with Crippen LogP contribution in [0.2, 0.25) is 0 Å². The van der Waals surface area contributed by atoms with Crippen LogP contribution in [-0.2, 0) is 0 Å². The van der Waals surface area contributed by atoms with E-state index in [4.69, 9.17) is 5.11 Å². The Morgan fingerprint density at radius 3 is 1.90 bits per heavy atom. The van der Waals surface area contributed by atoms with E-state index in [0.717, 1.165) is 5.57 Å². The minimum absolute atomic E-state index is 0.102. The van der Waals surface area contributed by atoms with Gasteiger partial charge in [0.2, 0.25) is 0 Å². The molecule has 0 aromatic carbocycles. The molecule has 0 saturated heterocycles. The highest BCUT2D eigenvalue weighted by atomic mass is 16.3. The van der Waals surface area contributed by atoms with E-state index in [9.17, 15) is 0 Å². The van der Waals surface area contributed by atoms with Gasteiger partial charge in [0.15, 0.2) is 0 Å². The van der Waals surface area contributed by atoms with E-state index in [1.165, 1.54) is 0 Å². The van der Waals surface area contributed by atoms with E-state index >= 15 is 0 Å². The maximum Gasteiger partial charge on any atom is 0.111 e. The topological polar surface area (TPSA) is 20.2 Å². The Hall–Kier alpha value is -0.980. The molecule has 0 aliphatic carbocycles. The zero-order chi connectivity index (χ0) is 8.57. The lowest BCUT2D eigenvalue weighted by molar-refractivity contribution is 0.426. The molecule has 0 fully saturated rings. The monoisotopic (exact) mass is 140 g/mol. The Morgan fingerprint density at radius 2 is 1.80 bits per heavy atom. The molecular formula is C9H16O. The molecule has 0 aromatic heterocycles. The van der Waals surface area contributed by atoms with Crippen LogP contribution in [0.15, 0.2) is 36.6 Å². The fourth-order valence-corrected chi connectivity index (χ4v) is 0.273. The largest absolute Gasteiger partial charge is 0.508 e. The molecule has 0 bridgehead atoms. The van der Waals surface area contributed by atoms with Gasteiger partial charge in [-0.2, -0.15) is 0 Å². The maximum absolute atomic E-state index is 8.64. The molecule has 0 spiro atoms. The number of aliphatic hydroxyl groups is 1. The molecule has 0 aliphatic heterocycles. The molecule has 1 N–H and O–H groups in total. The van der Waals surface area contributed by atoms with Gasteiger partial charge in [0.05, 0.1) is 0 Å². The van der Waals surface area contributed by atoms with Crippen molar-refractivity contribution in [3.8, 4) is 0 Å². The predicted octanol–water partition coefficient (Wildman–Crippen LogP) is 3.22. The summed E-state index contributed by atoms with van der Waals surface area (Å²) in [5.41, 5.74) is 0.750. The van der Waals surface area contributed by atoms with Crippen LogP contribution in [0.25, 0.3) is 0 Å². The molecule has 0 atom stereocenters. The zero-order valence-corrected chi connectivity index (χ0v) is 7.02. The second kappa shape index (κ2) is 8.02. The summed E-state index contributed by atoms with van der Waals surface area (Å²) < 4.78 is 0. The van der Waals surface area contributed by atoms with Crippen molar-refractivity contribution in [3.63, 3.8) is 0 Å². The van der Waals surface area contributed by atoms with Crippen molar-refractivity contribution in [1.82, 2.24) is 0 Å². The van der Waals surface area contributed by atoms with Crippen molar-refractivity contribution in [1.29, 1.82) is 0 Å². The number of rotatable bonds is 2. The molecule has 0 radical (unpaired) electrons. The van der Waals surface area contributed by atoms with Crippen LogP contribution in [0.5, 0.6) is 0 Å². The summed E-state index contributed by atoms with van der Waals surface area (Å²) in [6.45, 7) is 12.5. The summed E-state index contributed by atoms with van der Waals surface area (Å²) >= 11 is 0. The van der Waals surface area contributed by atoms with Crippen molar-refractivity contribution < 1.29 is 5.11 Å². The first-order valence-corrected chi connectivity index (χ1v) is 3.36. The number of aliphatic hydroxyl groups excluding tert-OH is 1. The summed E-state index contributed by atoms with van der Waals surface area (Å²) in [6, 6.07) is 0. The Labute approximate surface area is 63.4 Å². The fourth-order valence-electron chi connectivity index (χ4n) is 0.273. The van der Waals surface area contributed by atoms with Crippen LogP contribution in [0.4, 0.5) is 0 Å². The highest BCUT2D eigenvalue weighted by Gasteiger charge is 1.85. The lowest BCUT2D eigenvalue weighted by Gasteiger charge is -1.91. The smallest absolute Gasteiger partial charge is 0.111 e. The lowest BCUT2D eigenvalue weighted by Crippen LogP contribution is -1.76. The average molecular weight is 140 g/mol. The van der Waals surface area contributed by atoms with Crippen molar-refractivity contribution >= 4 is 0 Å². The molecule has 0 unspecified atom stereocenters. The SMILES string of the molecule is C=C/C=C(/C)C(=C)O.CC. The lowest BCUT2D eigenvalue weighted by atomic mass is 10.2. The van der Waals surface area contributed by atoms with Crippen LogP contribution in [0.1, 0.15) is 20.8 Å². The van der Waals surface area contributed by atoms with E-state index in [1.807, 2.05) is 13.8 Å². The van der Waals surface area contributed by atoms with Crippen LogP contribution in [0.3, 0.4) is 0 Å². The van der Waals surface area contributed by atoms with Gasteiger partial charge in [-0.15, -0.1) is 0 Å². The molecule has 0 rings (SSSR count). The summed E-state index contributed by atoms with van der Waals surface area (Å²) in [5.74, 6) is 0.102. The summed E-state index contributed by atoms with van der Waals surface area (Å²) in [7, 11) is 0. The summed E-state index contributed by atoms with van der Waals surface area (Å²) in [4.78, 5) is 0. The van der Waals surface area contributed by atoms with Crippen molar-refractivity contribution in [2.24, 2.45) is 0 Å². The predicted molar refractivity (Wildman–Crippen MR) is 47.1 cm³/mol. The number of hydrogen-bond acceptors (Lipinski definition) is 1. The molecule has 58 valence electrons. The molecule has 0 heterocycles. The minimum atomic E-state index is 0.102. The van der Waals surface area contributed by atoms with Gasteiger partial charge < -0.3 is 5.11 Å². The molecule has 0 amide bonds. The minimum Gasteiger partial charge on any atom is -0.508 e. The second-order valence-electron chi connectivity index (χ2n) is 1.53. The fraction of sp³-hybridized carbons (Fsp3) is 0.333. The van der Waals surface area contributed by atoms with Gasteiger partial charge >= 0.3 is 0 Å². The highest BCUT2D eigenvalue weighted by Crippen LogP contribution is 2.00.